The first-order valence-electron chi connectivity index (χ1n) is 8.04. The van der Waals surface area contributed by atoms with E-state index in [1.54, 1.807) is 32.0 Å². The van der Waals surface area contributed by atoms with Crippen LogP contribution < -0.4 is 16.0 Å². The number of ether oxygens (including phenoxy) is 1. The van der Waals surface area contributed by atoms with E-state index in [0.29, 0.717) is 11.3 Å². The number of benzene rings is 1. The van der Waals surface area contributed by atoms with E-state index in [0.717, 1.165) is 19.4 Å². The molecule has 1 aromatic rings. The van der Waals surface area contributed by atoms with E-state index >= 15 is 0 Å². The summed E-state index contributed by atoms with van der Waals surface area (Å²) in [6.45, 7) is 5.85. The molecule has 0 spiro atoms. The summed E-state index contributed by atoms with van der Waals surface area (Å²) < 4.78 is 4.97. The maximum absolute atomic E-state index is 12.1. The highest BCUT2D eigenvalue weighted by Crippen LogP contribution is 2.16. The third-order valence-electron chi connectivity index (χ3n) is 3.00. The van der Waals surface area contributed by atoms with Crippen molar-refractivity contribution in [3.63, 3.8) is 0 Å². The number of anilines is 1. The van der Waals surface area contributed by atoms with E-state index < -0.39 is 24.5 Å². The second-order valence-electron chi connectivity index (χ2n) is 5.58. The molecule has 1 rings (SSSR count). The zero-order chi connectivity index (χ0) is 17.9. The second-order valence-corrected chi connectivity index (χ2v) is 5.58. The highest BCUT2D eigenvalue weighted by Gasteiger charge is 2.15. The quantitative estimate of drug-likeness (QED) is 0.500. The monoisotopic (exact) mass is 335 g/mol. The first kappa shape index (κ1) is 19.5. The molecule has 3 N–H and O–H groups in total. The number of urea groups is 1. The van der Waals surface area contributed by atoms with Gasteiger partial charge in [0.2, 0.25) is 0 Å². The maximum Gasteiger partial charge on any atom is 0.340 e. The number of hydrogen-bond acceptors (Lipinski definition) is 5. The van der Waals surface area contributed by atoms with E-state index in [1.807, 2.05) is 6.07 Å². The average molecular weight is 335 g/mol. The highest BCUT2D eigenvalue weighted by molar-refractivity contribution is 5.99. The normalized spacial score (nSPS) is 10.2. The van der Waals surface area contributed by atoms with Crippen LogP contribution in [0.2, 0.25) is 0 Å². The van der Waals surface area contributed by atoms with Crippen LogP contribution in [-0.2, 0) is 9.53 Å². The fraction of sp³-hybridized carbons (Fsp3) is 0.471. The standard InChI is InChI=1S/C17H25N3O4/c1-4-5-10-18-14-9-7-6-8-13(14)16(22)24-11-15(21)20-17(23)19-12(2)3/h6-9,12,18H,4-5,10-11H2,1-3H3,(H2,19,20,21,23). The van der Waals surface area contributed by atoms with E-state index in [9.17, 15) is 14.4 Å². The van der Waals surface area contributed by atoms with Gasteiger partial charge in [-0.15, -0.1) is 0 Å². The van der Waals surface area contributed by atoms with E-state index in [1.165, 1.54) is 0 Å². The first-order chi connectivity index (χ1) is 11.4. The summed E-state index contributed by atoms with van der Waals surface area (Å²) in [7, 11) is 0. The Kier molecular flexibility index (Phi) is 8.32. The zero-order valence-corrected chi connectivity index (χ0v) is 14.3. The Morgan fingerprint density at radius 2 is 1.88 bits per heavy atom. The number of para-hydroxylation sites is 1. The van der Waals surface area contributed by atoms with Gasteiger partial charge in [0.05, 0.1) is 5.56 Å². The summed E-state index contributed by atoms with van der Waals surface area (Å²) in [6, 6.07) is 6.22. The largest absolute Gasteiger partial charge is 0.452 e. The number of carbonyl (C=O) groups is 3. The van der Waals surface area contributed by atoms with Gasteiger partial charge in [0.1, 0.15) is 0 Å². The molecule has 0 atom stereocenters. The van der Waals surface area contributed by atoms with Crippen LogP contribution in [0, 0.1) is 0 Å². The first-order valence-corrected chi connectivity index (χ1v) is 8.04. The Hall–Kier alpha value is -2.57. The predicted molar refractivity (Wildman–Crippen MR) is 91.9 cm³/mol. The number of esters is 1. The molecule has 7 heteroatoms. The lowest BCUT2D eigenvalue weighted by Gasteiger charge is -2.12. The van der Waals surface area contributed by atoms with Gasteiger partial charge in [0.15, 0.2) is 6.61 Å². The van der Waals surface area contributed by atoms with Crippen molar-refractivity contribution in [3.8, 4) is 0 Å². The van der Waals surface area contributed by atoms with Crippen molar-refractivity contribution < 1.29 is 19.1 Å². The van der Waals surface area contributed by atoms with Crippen LogP contribution in [0.15, 0.2) is 24.3 Å². The molecular formula is C17H25N3O4. The lowest BCUT2D eigenvalue weighted by Crippen LogP contribution is -2.44. The van der Waals surface area contributed by atoms with Crippen LogP contribution in [0.1, 0.15) is 44.0 Å². The molecule has 24 heavy (non-hydrogen) atoms. The number of imide groups is 1. The molecule has 0 aromatic heterocycles. The number of amides is 3. The molecule has 7 nitrogen and oxygen atoms in total. The van der Waals surface area contributed by atoms with Gasteiger partial charge in [-0.1, -0.05) is 25.5 Å². The highest BCUT2D eigenvalue weighted by atomic mass is 16.5. The summed E-state index contributed by atoms with van der Waals surface area (Å²) in [5.41, 5.74) is 1.02. The molecule has 0 bridgehead atoms. The fourth-order valence-corrected chi connectivity index (χ4v) is 1.88. The summed E-state index contributed by atoms with van der Waals surface area (Å²) in [5.74, 6) is -1.30. The van der Waals surface area contributed by atoms with Crippen molar-refractivity contribution in [2.24, 2.45) is 0 Å². The number of nitrogens with one attached hydrogen (secondary N) is 3. The Morgan fingerprint density at radius 3 is 2.54 bits per heavy atom. The van der Waals surface area contributed by atoms with E-state index in [4.69, 9.17) is 4.74 Å². The minimum atomic E-state index is -0.682. The van der Waals surface area contributed by atoms with Crippen LogP contribution in [0.5, 0.6) is 0 Å². The Bertz CT molecular complexity index is 573. The molecule has 0 aliphatic rings. The van der Waals surface area contributed by atoms with Gasteiger partial charge < -0.3 is 15.4 Å². The van der Waals surface area contributed by atoms with Gasteiger partial charge in [-0.05, 0) is 32.4 Å². The smallest absolute Gasteiger partial charge is 0.340 e. The molecule has 1 aromatic carbocycles. The summed E-state index contributed by atoms with van der Waals surface area (Å²) in [4.78, 5) is 35.1. The topological polar surface area (TPSA) is 96.5 Å². The number of unbranched alkanes of at least 4 members (excludes halogenated alkanes) is 1. The number of rotatable bonds is 8. The molecular weight excluding hydrogens is 310 g/mol. The predicted octanol–water partition coefficient (Wildman–Crippen LogP) is 2.29. The van der Waals surface area contributed by atoms with Gasteiger partial charge in [-0.2, -0.15) is 0 Å². The molecule has 0 aliphatic heterocycles. The average Bonchev–Trinajstić information content (AvgIpc) is 2.52. The van der Waals surface area contributed by atoms with Gasteiger partial charge in [0, 0.05) is 18.3 Å². The van der Waals surface area contributed by atoms with Crippen molar-refractivity contribution in [1.82, 2.24) is 10.6 Å². The van der Waals surface area contributed by atoms with Crippen molar-refractivity contribution in [2.75, 3.05) is 18.5 Å². The van der Waals surface area contributed by atoms with Crippen molar-refractivity contribution in [2.45, 2.75) is 39.7 Å². The number of carbonyl (C=O) groups excluding carboxylic acids is 3. The third-order valence-corrected chi connectivity index (χ3v) is 3.00. The van der Waals surface area contributed by atoms with Gasteiger partial charge in [-0.25, -0.2) is 9.59 Å². The minimum absolute atomic E-state index is 0.0959. The SMILES string of the molecule is CCCCNc1ccccc1C(=O)OCC(=O)NC(=O)NC(C)C. The Balaban J connectivity index is 2.53. The Labute approximate surface area is 142 Å². The van der Waals surface area contributed by atoms with Gasteiger partial charge in [0.25, 0.3) is 5.91 Å². The molecule has 0 saturated carbocycles. The molecule has 0 saturated heterocycles. The fourth-order valence-electron chi connectivity index (χ4n) is 1.88. The van der Waals surface area contributed by atoms with Crippen LogP contribution in [0.3, 0.4) is 0 Å². The lowest BCUT2D eigenvalue weighted by molar-refractivity contribution is -0.123. The summed E-state index contributed by atoms with van der Waals surface area (Å²) in [5, 5.41) is 7.77. The second kappa shape index (κ2) is 10.3. The maximum atomic E-state index is 12.1. The van der Waals surface area contributed by atoms with Crippen LogP contribution in [-0.4, -0.2) is 37.1 Å². The van der Waals surface area contributed by atoms with Crippen molar-refractivity contribution >= 4 is 23.6 Å². The molecule has 0 unspecified atom stereocenters. The van der Waals surface area contributed by atoms with Gasteiger partial charge >= 0.3 is 12.0 Å². The molecule has 0 heterocycles. The third kappa shape index (κ3) is 7.13. The van der Waals surface area contributed by atoms with Crippen molar-refractivity contribution in [1.29, 1.82) is 0 Å². The van der Waals surface area contributed by atoms with E-state index in [-0.39, 0.29) is 6.04 Å². The number of hydrogen-bond donors (Lipinski definition) is 3. The summed E-state index contributed by atoms with van der Waals surface area (Å²) in [6.07, 6.45) is 2.02. The molecule has 3 amide bonds. The van der Waals surface area contributed by atoms with Crippen LogP contribution >= 0.6 is 0 Å². The lowest BCUT2D eigenvalue weighted by atomic mass is 10.1. The van der Waals surface area contributed by atoms with Crippen LogP contribution in [0.25, 0.3) is 0 Å². The van der Waals surface area contributed by atoms with Crippen LogP contribution in [0.4, 0.5) is 10.5 Å². The molecule has 0 aliphatic carbocycles. The molecule has 0 fully saturated rings. The zero-order valence-electron chi connectivity index (χ0n) is 14.3. The molecule has 132 valence electrons. The van der Waals surface area contributed by atoms with Crippen molar-refractivity contribution in [3.05, 3.63) is 29.8 Å². The summed E-state index contributed by atoms with van der Waals surface area (Å²) >= 11 is 0. The Morgan fingerprint density at radius 1 is 1.17 bits per heavy atom. The minimum Gasteiger partial charge on any atom is -0.452 e. The molecule has 0 radical (unpaired) electrons. The van der Waals surface area contributed by atoms with Gasteiger partial charge in [-0.3, -0.25) is 10.1 Å². The van der Waals surface area contributed by atoms with E-state index in [2.05, 4.69) is 22.9 Å².